The summed E-state index contributed by atoms with van der Waals surface area (Å²) in [5.41, 5.74) is -5.82. The van der Waals surface area contributed by atoms with Crippen LogP contribution in [-0.2, 0) is 5.41 Å². The molecule has 13 aromatic rings. The van der Waals surface area contributed by atoms with Gasteiger partial charge >= 0.3 is 92.8 Å². The van der Waals surface area contributed by atoms with E-state index in [9.17, 15) is 179 Å². The first-order valence-electron chi connectivity index (χ1n) is 41.5. The van der Waals surface area contributed by atoms with Gasteiger partial charge in [0.15, 0.2) is 0 Å². The highest BCUT2D eigenvalue weighted by atomic mass is 16.7. The summed E-state index contributed by atoms with van der Waals surface area (Å²) in [6.07, 6.45) is 0. The van der Waals surface area contributed by atoms with E-state index in [2.05, 4.69) is 10.6 Å². The van der Waals surface area contributed by atoms with E-state index in [1.165, 1.54) is 140 Å². The van der Waals surface area contributed by atoms with Crippen LogP contribution in [0.5, 0.6) is 34.5 Å². The van der Waals surface area contributed by atoms with Crippen molar-refractivity contribution >= 4 is 205 Å². The molecule has 0 aliphatic rings. The molecular weight excluding hydrogens is 1930 g/mol. The Hall–Kier alpha value is -17.8. The molecule has 0 spiro atoms. The third-order valence-electron chi connectivity index (χ3n) is 20.1. The first-order chi connectivity index (χ1) is 68.8. The summed E-state index contributed by atoms with van der Waals surface area (Å²) in [4.78, 5) is 163. The van der Waals surface area contributed by atoms with Gasteiger partial charge in [-0.1, -0.05) is 69.3 Å². The normalized spacial score (nSPS) is 10.6. The van der Waals surface area contributed by atoms with Crippen molar-refractivity contribution in [3.05, 3.63) is 372 Å². The molecule has 0 radical (unpaired) electrons. The van der Waals surface area contributed by atoms with Crippen LogP contribution >= 0.6 is 0 Å². The van der Waals surface area contributed by atoms with Crippen LogP contribution in [0.4, 0.5) is 45.5 Å². The molecule has 0 unspecified atom stereocenters. The number of anilines is 2. The van der Waals surface area contributed by atoms with Gasteiger partial charge in [-0.15, -0.1) is 0 Å². The Balaban J connectivity index is 0.000000201. The van der Waals surface area contributed by atoms with Crippen molar-refractivity contribution in [1.82, 2.24) is 0 Å². The fourth-order valence-electron chi connectivity index (χ4n) is 13.0. The van der Waals surface area contributed by atoms with E-state index in [4.69, 9.17) is 28.4 Å². The average molecular weight is 2000 g/mol. The van der Waals surface area contributed by atoms with Crippen LogP contribution in [0.1, 0.15) is 109 Å². The predicted octanol–water partition coefficient (Wildman–Crippen LogP) is -0.0955. The van der Waals surface area contributed by atoms with E-state index in [0.717, 1.165) is 109 Å². The Kier molecular flexibility index (Phi) is 36.6. The molecule has 13 aromatic carbocycles. The fraction of sp³-hybridized carbons (Fsp3) is 0.0455. The van der Waals surface area contributed by atoms with Gasteiger partial charge in [0.25, 0.3) is 45.9 Å². The molecule has 0 saturated carbocycles. The van der Waals surface area contributed by atoms with Crippen LogP contribution < -0.4 is 82.8 Å². The zero-order valence-corrected chi connectivity index (χ0v) is 74.9. The second-order valence-corrected chi connectivity index (χ2v) is 31.5. The van der Waals surface area contributed by atoms with Crippen molar-refractivity contribution in [2.75, 3.05) is 10.6 Å². The lowest BCUT2D eigenvalue weighted by atomic mass is 9.79. The third kappa shape index (κ3) is 29.9. The van der Waals surface area contributed by atoms with Crippen molar-refractivity contribution in [1.29, 1.82) is 0 Å². The van der Waals surface area contributed by atoms with Crippen LogP contribution in [0.25, 0.3) is 10.8 Å². The zero-order valence-electron chi connectivity index (χ0n) is 74.9. The number of ether oxygens (including phenoxy) is 6. The Morgan fingerprint density at radius 2 is 0.473 bits per heavy atom. The maximum Gasteiger partial charge on any atom is 0.488 e. The number of nitrogens with zero attached hydrogens (tertiary/aromatic N) is 6. The van der Waals surface area contributed by atoms with Crippen molar-refractivity contribution in [3.63, 3.8) is 0 Å². The fourth-order valence-corrected chi connectivity index (χ4v) is 13.0. The summed E-state index contributed by atoms with van der Waals surface area (Å²) in [5.74, 6) is -6.90. The summed E-state index contributed by atoms with van der Waals surface area (Å²) < 4.78 is 32.0. The monoisotopic (exact) mass is 2000 g/mol. The molecule has 146 heavy (non-hydrogen) atoms. The lowest BCUT2D eigenvalue weighted by Gasteiger charge is -2.23. The number of nitro groups is 6. The SMILES string of the molecule is CC(C)(C)c1cc(OC(=O)c2cc(B(O)O)cc([N+](=O)[O-])c2)ccc1OC(=O)c1cc(B(O)O)cc([N+](=O)[O-])c1.O=C(Nc1ccc(NC(=O)c2cc(B(O)O)cc([N+](=O)[O-])c2)cc1)c1cc(B(O)O)cc([N+](=O)[O-])c1.O=C(Oc1ccc(OC(=O)c2cc(B(O)O)cc([N+](=O)[O-])c2)c2ccccc12)c1cc(B(O)O)cc([N+](=O)[O-])c1.O=C(Oc1cccc(B(O)O)c1)c1ccc(C(=O)Oc2cccc(B(O)O)c2)cc1. The molecule has 18 N–H and O–H groups in total. The van der Waals surface area contributed by atoms with E-state index < -0.39 is 174 Å². The van der Waals surface area contributed by atoms with Crippen molar-refractivity contribution in [2.45, 2.75) is 26.2 Å². The second-order valence-electron chi connectivity index (χ2n) is 31.5. The van der Waals surface area contributed by atoms with Crippen molar-refractivity contribution in [3.8, 4) is 34.5 Å². The van der Waals surface area contributed by atoms with Crippen LogP contribution in [0.3, 0.4) is 0 Å². The van der Waals surface area contributed by atoms with Gasteiger partial charge in [0, 0.05) is 112 Å². The standard InChI is InChI=1S/C24H16B2N2O12.C24H22B2N2O12.C20H16B2N4O10.C20H16B2O8/c29-23(13-7-15(25(31)32)11-17(9-13)27(35)36)39-21-5-6-22(20-4-2-1-3-19(20)21)40-24(30)14-8-16(26(33)34)12-18(10-14)28(37)38;1-24(2,3)20-12-19(39-22(29)13-6-15(25(31)32)10-17(8-13)27(35)36)4-5-21(20)40-23(30)14-7-16(26(33)34)11-18(9-14)28(37)38;27-19(11-5-13(21(29)30)9-17(7-11)25(33)34)23-15-1-2-16(4-3-15)24-20(28)12-6-14(22(31)32)10-18(8-12)26(35)36;23-19(29-17-5-1-3-15(11-17)21(25)26)13-7-9-14(10-8-13)20(24)30-18-6-2-4-16(12-18)22(27)28/h1-12,31-34H;4-12,31-34H,1-3H3;1-10,29-32H,(H,23,27)(H,24,28);1-12,25-28H. The third-order valence-corrected chi connectivity index (χ3v) is 20.1. The molecule has 0 aliphatic carbocycles. The molecule has 0 aromatic heterocycles. The van der Waals surface area contributed by atoms with Crippen LogP contribution in [0, 0.1) is 60.7 Å². The van der Waals surface area contributed by atoms with Crippen LogP contribution in [0.15, 0.2) is 261 Å². The number of carbonyl (C=O) groups is 8. The van der Waals surface area contributed by atoms with Gasteiger partial charge in [0.05, 0.1) is 62.9 Å². The average Bonchev–Trinajstić information content (AvgIpc) is 0.765. The predicted molar refractivity (Wildman–Crippen MR) is 518 cm³/mol. The minimum atomic E-state index is -2.08. The maximum atomic E-state index is 12.9. The smallest absolute Gasteiger partial charge is 0.423 e. The number of rotatable bonds is 30. The van der Waals surface area contributed by atoms with E-state index in [0.29, 0.717) is 5.56 Å². The van der Waals surface area contributed by atoms with E-state index in [1.807, 2.05) is 0 Å². The summed E-state index contributed by atoms with van der Waals surface area (Å²) >= 11 is 0. The first-order valence-corrected chi connectivity index (χ1v) is 41.5. The van der Waals surface area contributed by atoms with Gasteiger partial charge in [0.1, 0.15) is 34.5 Å². The minimum Gasteiger partial charge on any atom is -0.423 e. The first kappa shape index (κ1) is 110. The lowest BCUT2D eigenvalue weighted by molar-refractivity contribution is -0.385. The summed E-state index contributed by atoms with van der Waals surface area (Å²) in [6, 6.07) is 52.7. The molecule has 0 bridgehead atoms. The van der Waals surface area contributed by atoms with Gasteiger partial charge in [-0.3, -0.25) is 70.3 Å². The molecule has 13 rings (SSSR count). The molecule has 0 aliphatic heterocycles. The summed E-state index contributed by atoms with van der Waals surface area (Å²) in [5, 5.41) is 222. The molecule has 2 amide bonds. The number of amides is 2. The number of fused-ring (bicyclic) bond motifs is 1. The van der Waals surface area contributed by atoms with Crippen LogP contribution in [-0.4, -0.2) is 215 Å². The number of non-ortho nitro benzene ring substituents is 6. The van der Waals surface area contributed by atoms with Crippen molar-refractivity contribution < 1.29 is 177 Å². The van der Waals surface area contributed by atoms with E-state index in [1.54, 1.807) is 32.9 Å². The molecule has 0 fully saturated rings. The van der Waals surface area contributed by atoms with E-state index >= 15 is 0 Å². The van der Waals surface area contributed by atoms with Crippen LogP contribution in [0.2, 0.25) is 0 Å². The number of hydrogen-bond donors (Lipinski definition) is 18. The summed E-state index contributed by atoms with van der Waals surface area (Å²) in [7, 11) is -15.7. The molecule has 738 valence electrons. The maximum absolute atomic E-state index is 12.9. The molecule has 0 saturated heterocycles. The Morgan fingerprint density at radius 3 is 0.733 bits per heavy atom. The molecule has 50 nitrogen and oxygen atoms in total. The Bertz CT molecular complexity index is 6960. The molecule has 58 heteroatoms. The second kappa shape index (κ2) is 48.6. The van der Waals surface area contributed by atoms with Crippen molar-refractivity contribution in [2.24, 2.45) is 0 Å². The molecular formula is C88H70B8N8O42. The zero-order chi connectivity index (χ0) is 107. The highest BCUT2D eigenvalue weighted by Gasteiger charge is 2.32. The summed E-state index contributed by atoms with van der Waals surface area (Å²) in [6.45, 7) is 5.27. The van der Waals surface area contributed by atoms with E-state index in [-0.39, 0.29) is 145 Å². The van der Waals surface area contributed by atoms with Gasteiger partial charge in [-0.05, 0) is 189 Å². The number of nitro benzene ring substituents is 6. The minimum absolute atomic E-state index is 0.0101. The number of nitrogens with one attached hydrogen (secondary N) is 2. The Morgan fingerprint density at radius 1 is 0.240 bits per heavy atom. The number of esters is 6. The number of benzene rings is 13. The highest BCUT2D eigenvalue weighted by Crippen LogP contribution is 2.38. The van der Waals surface area contributed by atoms with Gasteiger partial charge < -0.3 is 119 Å². The highest BCUT2D eigenvalue weighted by molar-refractivity contribution is 6.62. The molecule has 0 atom stereocenters. The van der Waals surface area contributed by atoms with Gasteiger partial charge in [0.2, 0.25) is 0 Å². The largest absolute Gasteiger partial charge is 0.488 e. The number of carbonyl (C=O) groups excluding carboxylic acids is 8. The Labute approximate surface area is 820 Å². The van der Waals surface area contributed by atoms with Gasteiger partial charge in [-0.25, -0.2) is 28.8 Å². The topological polar surface area (TPSA) is 799 Å². The quantitative estimate of drug-likeness (QED) is 0.00919. The lowest BCUT2D eigenvalue weighted by Crippen LogP contribution is -2.31. The molecule has 0 heterocycles. The number of hydrogen-bond acceptors (Lipinski definition) is 42. The van der Waals surface area contributed by atoms with Gasteiger partial charge in [-0.2, -0.15) is 0 Å².